The van der Waals surface area contributed by atoms with E-state index in [1.54, 1.807) is 6.07 Å². The van der Waals surface area contributed by atoms with Gasteiger partial charge in [-0.15, -0.1) is 0 Å². The minimum Gasteiger partial charge on any atom is -0.329 e. The van der Waals surface area contributed by atoms with Gasteiger partial charge in [0.1, 0.15) is 5.82 Å². The van der Waals surface area contributed by atoms with E-state index in [0.29, 0.717) is 6.54 Å². The molecular formula is C18H21FN2. The minimum atomic E-state index is -0.0672. The molecule has 0 amide bonds. The molecule has 0 aromatic heterocycles. The van der Waals surface area contributed by atoms with Crippen molar-refractivity contribution in [1.82, 2.24) is 4.90 Å². The second-order valence-electron chi connectivity index (χ2n) is 5.61. The molecule has 110 valence electrons. The topological polar surface area (TPSA) is 29.3 Å². The van der Waals surface area contributed by atoms with Crippen LogP contribution in [0.5, 0.6) is 0 Å². The third-order valence-electron chi connectivity index (χ3n) is 4.27. The van der Waals surface area contributed by atoms with Gasteiger partial charge in [-0.3, -0.25) is 4.90 Å². The molecule has 2 aromatic rings. The number of hydrogen-bond donors (Lipinski definition) is 1. The molecule has 2 N–H and O–H groups in total. The molecule has 1 unspecified atom stereocenters. The molecule has 0 aliphatic heterocycles. The summed E-state index contributed by atoms with van der Waals surface area (Å²) in [7, 11) is 0. The van der Waals surface area contributed by atoms with Gasteiger partial charge in [0, 0.05) is 25.7 Å². The fraction of sp³-hybridized carbons (Fsp3) is 0.333. The molecule has 0 fully saturated rings. The average molecular weight is 284 g/mol. The normalized spacial score (nSPS) is 17.2. The zero-order valence-corrected chi connectivity index (χ0v) is 12.1. The average Bonchev–Trinajstić information content (AvgIpc) is 2.93. The standard InChI is InChI=1S/C18H21FN2/c19-17-8-4-7-16-15(17)9-10-18(16)21(12-11-20)13-14-5-2-1-3-6-14/h1-8,18H,9-13,20H2. The van der Waals surface area contributed by atoms with Gasteiger partial charge < -0.3 is 5.73 Å². The first-order valence-electron chi connectivity index (χ1n) is 7.55. The van der Waals surface area contributed by atoms with Gasteiger partial charge >= 0.3 is 0 Å². The van der Waals surface area contributed by atoms with Gasteiger partial charge in [0.05, 0.1) is 0 Å². The Morgan fingerprint density at radius 1 is 1.10 bits per heavy atom. The lowest BCUT2D eigenvalue weighted by molar-refractivity contribution is 0.193. The lowest BCUT2D eigenvalue weighted by atomic mass is 10.1. The minimum absolute atomic E-state index is 0.0672. The number of nitrogens with two attached hydrogens (primary N) is 1. The van der Waals surface area contributed by atoms with E-state index in [-0.39, 0.29) is 11.9 Å². The summed E-state index contributed by atoms with van der Waals surface area (Å²) in [5.74, 6) is -0.0672. The Bertz CT molecular complexity index is 597. The van der Waals surface area contributed by atoms with Crippen molar-refractivity contribution in [2.24, 2.45) is 5.73 Å². The van der Waals surface area contributed by atoms with Crippen LogP contribution < -0.4 is 5.73 Å². The summed E-state index contributed by atoms with van der Waals surface area (Å²) >= 11 is 0. The fourth-order valence-corrected chi connectivity index (χ4v) is 3.30. The van der Waals surface area contributed by atoms with Crippen LogP contribution in [0.25, 0.3) is 0 Å². The zero-order valence-electron chi connectivity index (χ0n) is 12.1. The van der Waals surface area contributed by atoms with E-state index in [4.69, 9.17) is 5.73 Å². The van der Waals surface area contributed by atoms with Crippen molar-refractivity contribution in [3.63, 3.8) is 0 Å². The van der Waals surface area contributed by atoms with Gasteiger partial charge in [-0.25, -0.2) is 4.39 Å². The molecule has 3 rings (SSSR count). The monoisotopic (exact) mass is 284 g/mol. The molecule has 1 aliphatic carbocycles. The third-order valence-corrected chi connectivity index (χ3v) is 4.27. The molecule has 0 radical (unpaired) electrons. The van der Waals surface area contributed by atoms with Gasteiger partial charge in [0.25, 0.3) is 0 Å². The summed E-state index contributed by atoms with van der Waals surface area (Å²) < 4.78 is 13.9. The molecule has 3 heteroatoms. The molecule has 0 saturated carbocycles. The SMILES string of the molecule is NCCN(Cc1ccccc1)C1CCc2c(F)cccc21. The number of benzene rings is 2. The first-order chi connectivity index (χ1) is 10.3. The number of hydrogen-bond acceptors (Lipinski definition) is 2. The lowest BCUT2D eigenvalue weighted by Gasteiger charge is -2.29. The van der Waals surface area contributed by atoms with Gasteiger partial charge in [0.15, 0.2) is 0 Å². The molecule has 0 spiro atoms. The lowest BCUT2D eigenvalue weighted by Crippen LogP contribution is -2.32. The second kappa shape index (κ2) is 6.37. The van der Waals surface area contributed by atoms with E-state index in [9.17, 15) is 4.39 Å². The summed E-state index contributed by atoms with van der Waals surface area (Å²) in [5, 5.41) is 0. The number of rotatable bonds is 5. The molecule has 0 saturated heterocycles. The molecular weight excluding hydrogens is 263 g/mol. The maximum absolute atomic E-state index is 13.9. The van der Waals surface area contributed by atoms with Crippen molar-refractivity contribution in [3.8, 4) is 0 Å². The molecule has 1 aliphatic rings. The summed E-state index contributed by atoms with van der Waals surface area (Å²) in [6.07, 6.45) is 1.80. The van der Waals surface area contributed by atoms with Gasteiger partial charge in [-0.2, -0.15) is 0 Å². The molecule has 1 atom stereocenters. The van der Waals surface area contributed by atoms with Crippen LogP contribution in [0.15, 0.2) is 48.5 Å². The highest BCUT2D eigenvalue weighted by Gasteiger charge is 2.29. The van der Waals surface area contributed by atoms with E-state index in [0.717, 1.165) is 37.1 Å². The zero-order chi connectivity index (χ0) is 14.7. The molecule has 2 nitrogen and oxygen atoms in total. The van der Waals surface area contributed by atoms with E-state index in [1.807, 2.05) is 12.1 Å². The van der Waals surface area contributed by atoms with Crippen molar-refractivity contribution >= 4 is 0 Å². The fourth-order valence-electron chi connectivity index (χ4n) is 3.30. The molecule has 21 heavy (non-hydrogen) atoms. The Morgan fingerprint density at radius 2 is 1.90 bits per heavy atom. The Morgan fingerprint density at radius 3 is 2.67 bits per heavy atom. The quantitative estimate of drug-likeness (QED) is 0.913. The Balaban J connectivity index is 1.85. The van der Waals surface area contributed by atoms with Crippen molar-refractivity contribution in [2.45, 2.75) is 25.4 Å². The number of halogens is 1. The third kappa shape index (κ3) is 2.99. The van der Waals surface area contributed by atoms with Crippen LogP contribution in [0, 0.1) is 5.82 Å². The summed E-state index contributed by atoms with van der Waals surface area (Å²) in [6, 6.07) is 16.1. The highest BCUT2D eigenvalue weighted by Crippen LogP contribution is 2.37. The Hall–Kier alpha value is -1.71. The predicted octanol–water partition coefficient (Wildman–Crippen LogP) is 3.27. The smallest absolute Gasteiger partial charge is 0.126 e. The van der Waals surface area contributed by atoms with E-state index >= 15 is 0 Å². The van der Waals surface area contributed by atoms with Crippen molar-refractivity contribution in [2.75, 3.05) is 13.1 Å². The Labute approximate surface area is 125 Å². The van der Waals surface area contributed by atoms with Crippen molar-refractivity contribution in [1.29, 1.82) is 0 Å². The van der Waals surface area contributed by atoms with Gasteiger partial charge in [-0.05, 0) is 35.6 Å². The first-order valence-corrected chi connectivity index (χ1v) is 7.55. The maximum Gasteiger partial charge on any atom is 0.126 e. The van der Waals surface area contributed by atoms with E-state index in [2.05, 4.69) is 35.2 Å². The van der Waals surface area contributed by atoms with Crippen LogP contribution in [0.2, 0.25) is 0 Å². The van der Waals surface area contributed by atoms with E-state index < -0.39 is 0 Å². The Kier molecular flexibility index (Phi) is 4.32. The van der Waals surface area contributed by atoms with Crippen LogP contribution >= 0.6 is 0 Å². The van der Waals surface area contributed by atoms with Crippen LogP contribution in [-0.2, 0) is 13.0 Å². The molecule has 2 aromatic carbocycles. The maximum atomic E-state index is 13.9. The van der Waals surface area contributed by atoms with Gasteiger partial charge in [-0.1, -0.05) is 42.5 Å². The van der Waals surface area contributed by atoms with Crippen molar-refractivity contribution < 1.29 is 4.39 Å². The van der Waals surface area contributed by atoms with Gasteiger partial charge in [0.2, 0.25) is 0 Å². The molecule has 0 heterocycles. The highest BCUT2D eigenvalue weighted by molar-refractivity contribution is 5.36. The summed E-state index contributed by atoms with van der Waals surface area (Å²) in [4.78, 5) is 2.38. The van der Waals surface area contributed by atoms with Crippen LogP contribution in [0.4, 0.5) is 4.39 Å². The first kappa shape index (κ1) is 14.2. The number of fused-ring (bicyclic) bond motifs is 1. The van der Waals surface area contributed by atoms with Crippen LogP contribution in [0.1, 0.15) is 29.2 Å². The predicted molar refractivity (Wildman–Crippen MR) is 83.4 cm³/mol. The second-order valence-corrected chi connectivity index (χ2v) is 5.61. The summed E-state index contributed by atoms with van der Waals surface area (Å²) in [5.41, 5.74) is 9.08. The largest absolute Gasteiger partial charge is 0.329 e. The summed E-state index contributed by atoms with van der Waals surface area (Å²) in [6.45, 7) is 2.31. The van der Waals surface area contributed by atoms with Crippen LogP contribution in [-0.4, -0.2) is 18.0 Å². The highest BCUT2D eigenvalue weighted by atomic mass is 19.1. The number of nitrogens with zero attached hydrogens (tertiary/aromatic N) is 1. The van der Waals surface area contributed by atoms with E-state index in [1.165, 1.54) is 5.56 Å². The van der Waals surface area contributed by atoms with Crippen molar-refractivity contribution in [3.05, 3.63) is 71.0 Å². The van der Waals surface area contributed by atoms with Crippen LogP contribution in [0.3, 0.4) is 0 Å². The molecule has 0 bridgehead atoms.